The van der Waals surface area contributed by atoms with E-state index in [0.29, 0.717) is 22.2 Å². The number of hydrogen-bond acceptors (Lipinski definition) is 4. The molecule has 0 atom stereocenters. The highest BCUT2D eigenvalue weighted by Crippen LogP contribution is 2.31. The van der Waals surface area contributed by atoms with Crippen LogP contribution in [0.4, 0.5) is 4.39 Å². The molecule has 2 aromatic heterocycles. The Balaban J connectivity index is 2.16. The summed E-state index contributed by atoms with van der Waals surface area (Å²) in [7, 11) is 1.43. The molecule has 6 heteroatoms. The molecule has 0 saturated heterocycles. The van der Waals surface area contributed by atoms with E-state index >= 15 is 0 Å². The van der Waals surface area contributed by atoms with Gasteiger partial charge in [0.05, 0.1) is 22.4 Å². The summed E-state index contributed by atoms with van der Waals surface area (Å²) in [6.07, 6.45) is 1.97. The van der Waals surface area contributed by atoms with Crippen molar-refractivity contribution in [3.63, 3.8) is 0 Å². The summed E-state index contributed by atoms with van der Waals surface area (Å²) < 4.78 is 22.0. The highest BCUT2D eigenvalue weighted by molar-refractivity contribution is 8.00. The van der Waals surface area contributed by atoms with Crippen LogP contribution in [-0.2, 0) is 0 Å². The quantitative estimate of drug-likeness (QED) is 0.657. The van der Waals surface area contributed by atoms with Crippen LogP contribution in [0.2, 0.25) is 0 Å². The predicted octanol–water partition coefficient (Wildman–Crippen LogP) is 4.57. The standard InChI is InChI=1S/C16H14FNO2S2/c1-9-6-11-12(4-5-13(20-2)15(11)17)18(9)16(19)10-7-14(21-3)22-8-10/h4-8H,1-3H3. The topological polar surface area (TPSA) is 31.2 Å². The fraction of sp³-hybridized carbons (Fsp3) is 0.188. The van der Waals surface area contributed by atoms with Crippen molar-refractivity contribution in [2.45, 2.75) is 11.1 Å². The Morgan fingerprint density at radius 3 is 2.77 bits per heavy atom. The first-order valence-corrected chi connectivity index (χ1v) is 8.69. The molecule has 0 unspecified atom stereocenters. The minimum Gasteiger partial charge on any atom is -0.494 e. The van der Waals surface area contributed by atoms with Crippen LogP contribution in [0.3, 0.4) is 0 Å². The molecule has 3 rings (SSSR count). The lowest BCUT2D eigenvalue weighted by Gasteiger charge is -2.07. The summed E-state index contributed by atoms with van der Waals surface area (Å²) in [4.78, 5) is 12.7. The third-order valence-corrected chi connectivity index (χ3v) is 5.55. The summed E-state index contributed by atoms with van der Waals surface area (Å²) in [5.41, 5.74) is 1.87. The summed E-state index contributed by atoms with van der Waals surface area (Å²) in [5.74, 6) is -0.407. The zero-order valence-electron chi connectivity index (χ0n) is 12.3. The minimum absolute atomic E-state index is 0.145. The molecule has 114 valence electrons. The Bertz CT molecular complexity index is 867. The average molecular weight is 335 g/mol. The number of aromatic nitrogens is 1. The maximum absolute atomic E-state index is 14.3. The van der Waals surface area contributed by atoms with Gasteiger partial charge in [-0.1, -0.05) is 0 Å². The third kappa shape index (κ3) is 2.32. The number of carbonyl (C=O) groups excluding carboxylic acids is 1. The molecular weight excluding hydrogens is 321 g/mol. The minimum atomic E-state index is -0.440. The largest absolute Gasteiger partial charge is 0.494 e. The molecule has 0 saturated carbocycles. The Morgan fingerprint density at radius 2 is 2.14 bits per heavy atom. The summed E-state index contributed by atoms with van der Waals surface area (Å²) in [6.45, 7) is 1.80. The molecule has 0 aliphatic heterocycles. The fourth-order valence-corrected chi connectivity index (χ4v) is 3.83. The normalized spacial score (nSPS) is 11.1. The number of aryl methyl sites for hydroxylation is 1. The summed E-state index contributed by atoms with van der Waals surface area (Å²) >= 11 is 3.13. The lowest BCUT2D eigenvalue weighted by atomic mass is 10.2. The Kier molecular flexibility index (Phi) is 3.97. The van der Waals surface area contributed by atoms with Gasteiger partial charge in [0.2, 0.25) is 0 Å². The maximum atomic E-state index is 14.3. The molecule has 0 aliphatic carbocycles. The molecule has 1 aromatic carbocycles. The Labute approximate surface area is 135 Å². The van der Waals surface area contributed by atoms with Gasteiger partial charge in [0.15, 0.2) is 11.6 Å². The zero-order valence-corrected chi connectivity index (χ0v) is 14.0. The Morgan fingerprint density at radius 1 is 1.36 bits per heavy atom. The van der Waals surface area contributed by atoms with Crippen LogP contribution in [0, 0.1) is 12.7 Å². The van der Waals surface area contributed by atoms with Crippen molar-refractivity contribution in [1.29, 1.82) is 0 Å². The molecule has 22 heavy (non-hydrogen) atoms. The van der Waals surface area contributed by atoms with Crippen LogP contribution in [0.1, 0.15) is 16.1 Å². The predicted molar refractivity (Wildman–Crippen MR) is 89.0 cm³/mol. The van der Waals surface area contributed by atoms with Crippen molar-refractivity contribution in [2.24, 2.45) is 0 Å². The molecule has 3 nitrogen and oxygen atoms in total. The van der Waals surface area contributed by atoms with Crippen LogP contribution < -0.4 is 4.74 Å². The van der Waals surface area contributed by atoms with Crippen LogP contribution >= 0.6 is 23.1 Å². The Hall–Kier alpha value is -1.79. The van der Waals surface area contributed by atoms with Crippen molar-refractivity contribution in [1.82, 2.24) is 4.57 Å². The van der Waals surface area contributed by atoms with Gasteiger partial charge in [-0.05, 0) is 37.4 Å². The molecule has 0 aliphatic rings. The number of benzene rings is 1. The second-order valence-electron chi connectivity index (χ2n) is 4.80. The number of thiophene rings is 1. The average Bonchev–Trinajstić information content (AvgIpc) is 3.11. The molecule has 0 amide bonds. The third-order valence-electron chi connectivity index (χ3n) is 3.51. The molecule has 3 aromatic rings. The molecule has 0 radical (unpaired) electrons. The van der Waals surface area contributed by atoms with Crippen molar-refractivity contribution < 1.29 is 13.9 Å². The van der Waals surface area contributed by atoms with Gasteiger partial charge in [-0.25, -0.2) is 4.39 Å². The van der Waals surface area contributed by atoms with Gasteiger partial charge in [-0.15, -0.1) is 23.1 Å². The number of fused-ring (bicyclic) bond motifs is 1. The lowest BCUT2D eigenvalue weighted by Crippen LogP contribution is -2.12. The van der Waals surface area contributed by atoms with E-state index in [0.717, 1.165) is 4.21 Å². The van der Waals surface area contributed by atoms with E-state index in [-0.39, 0.29) is 11.7 Å². The van der Waals surface area contributed by atoms with Crippen molar-refractivity contribution in [2.75, 3.05) is 13.4 Å². The van der Waals surface area contributed by atoms with Crippen molar-refractivity contribution in [3.05, 3.63) is 46.7 Å². The number of ether oxygens (including phenoxy) is 1. The van der Waals surface area contributed by atoms with E-state index in [2.05, 4.69) is 0 Å². The SMILES string of the molecule is COc1ccc2c(cc(C)n2C(=O)c2csc(SC)c2)c1F. The number of thioether (sulfide) groups is 1. The zero-order chi connectivity index (χ0) is 15.9. The fourth-order valence-electron chi connectivity index (χ4n) is 2.45. The van der Waals surface area contributed by atoms with E-state index in [9.17, 15) is 9.18 Å². The van der Waals surface area contributed by atoms with Gasteiger partial charge in [-0.3, -0.25) is 9.36 Å². The van der Waals surface area contributed by atoms with Gasteiger partial charge in [0.1, 0.15) is 0 Å². The summed E-state index contributed by atoms with van der Waals surface area (Å²) in [6, 6.07) is 6.79. The molecule has 0 N–H and O–H groups in total. The first-order valence-electron chi connectivity index (χ1n) is 6.58. The van der Waals surface area contributed by atoms with E-state index < -0.39 is 5.82 Å². The van der Waals surface area contributed by atoms with Crippen LogP contribution in [0.25, 0.3) is 10.9 Å². The van der Waals surface area contributed by atoms with E-state index in [1.165, 1.54) is 18.4 Å². The smallest absolute Gasteiger partial charge is 0.263 e. The molecule has 0 bridgehead atoms. The van der Waals surface area contributed by atoms with Crippen LogP contribution in [0.5, 0.6) is 5.75 Å². The van der Waals surface area contributed by atoms with Crippen molar-refractivity contribution >= 4 is 39.9 Å². The van der Waals surface area contributed by atoms with Crippen molar-refractivity contribution in [3.8, 4) is 5.75 Å². The number of carbonyl (C=O) groups is 1. The number of methoxy groups -OCH3 is 1. The van der Waals surface area contributed by atoms with E-state index in [4.69, 9.17) is 4.74 Å². The van der Waals surface area contributed by atoms with Crippen LogP contribution in [0.15, 0.2) is 33.9 Å². The van der Waals surface area contributed by atoms with E-state index in [1.807, 2.05) is 17.7 Å². The van der Waals surface area contributed by atoms with Gasteiger partial charge >= 0.3 is 0 Å². The number of rotatable bonds is 3. The second-order valence-corrected chi connectivity index (χ2v) is 6.82. The van der Waals surface area contributed by atoms with Gasteiger partial charge in [-0.2, -0.15) is 0 Å². The number of hydrogen-bond donors (Lipinski definition) is 0. The van der Waals surface area contributed by atoms with E-state index in [1.54, 1.807) is 41.5 Å². The summed E-state index contributed by atoms with van der Waals surface area (Å²) in [5, 5.41) is 2.23. The first kappa shape index (κ1) is 15.1. The number of nitrogens with zero attached hydrogens (tertiary/aromatic N) is 1. The molecule has 2 heterocycles. The van der Waals surface area contributed by atoms with Crippen LogP contribution in [-0.4, -0.2) is 23.8 Å². The molecule has 0 fully saturated rings. The molecule has 0 spiro atoms. The highest BCUT2D eigenvalue weighted by Gasteiger charge is 2.19. The number of halogens is 1. The monoisotopic (exact) mass is 335 g/mol. The molecular formula is C16H14FNO2S2. The second kappa shape index (κ2) is 5.78. The van der Waals surface area contributed by atoms with Gasteiger partial charge < -0.3 is 4.74 Å². The highest BCUT2D eigenvalue weighted by atomic mass is 32.2. The maximum Gasteiger partial charge on any atom is 0.263 e. The lowest BCUT2D eigenvalue weighted by molar-refractivity contribution is 0.0963. The van der Waals surface area contributed by atoms with Gasteiger partial charge in [0.25, 0.3) is 5.91 Å². The first-order chi connectivity index (χ1) is 10.6. The van der Waals surface area contributed by atoms with Gasteiger partial charge in [0, 0.05) is 16.5 Å².